The molecule has 10 aromatic rings. The van der Waals surface area contributed by atoms with E-state index in [1.54, 1.807) is 36.4 Å². The van der Waals surface area contributed by atoms with Gasteiger partial charge in [-0.05, 0) is 133 Å². The first-order chi connectivity index (χ1) is 34.2. The Labute approximate surface area is 328 Å². The summed E-state index contributed by atoms with van der Waals surface area (Å²) in [5.41, 5.74) is 2.28. The zero-order valence-electron chi connectivity index (χ0n) is 49.0. The third-order valence-corrected chi connectivity index (χ3v) is 10.1. The molecular weight excluding hydrogens is 613 g/mol. The molecule has 238 valence electrons. The third kappa shape index (κ3) is 4.02. The van der Waals surface area contributed by atoms with Crippen molar-refractivity contribution >= 4 is 64.6 Å². The fraction of sp³-hybridized carbons (Fsp3) is 0.0588. The maximum Gasteiger partial charge on any atom is 0.0636 e. The van der Waals surface area contributed by atoms with Crippen LogP contribution in [0.15, 0.2) is 169 Å². The van der Waals surface area contributed by atoms with E-state index in [1.807, 2.05) is 13.8 Å². The predicted octanol–water partition coefficient (Wildman–Crippen LogP) is 14.2. The fourth-order valence-electron chi connectivity index (χ4n) is 7.75. The van der Waals surface area contributed by atoms with Gasteiger partial charge in [-0.2, -0.15) is 0 Å². The molecule has 0 saturated carbocycles. The average Bonchev–Trinajstić information content (AvgIpc) is 3.59. The van der Waals surface area contributed by atoms with Gasteiger partial charge < -0.3 is 0 Å². The van der Waals surface area contributed by atoms with Crippen LogP contribution in [0.25, 0.3) is 98.0 Å². The maximum absolute atomic E-state index is 9.51. The monoisotopic (exact) mass is 668 g/mol. The SMILES string of the molecule is [2H]c1c([2H])c([2H])c2c([2H])c3c(c([2H])c([2H])c4c([2H])c([2H])c([2H])c([2H])c43)c(-c3ccc4c(c3)C(C)(C)c3cc(-c5c6c([2H])c([2H])c([2H])c([2H])c6c([2H])c6c5c([2H])c([2H])c5c([2H])c([2H])c([2H])c([2H])c56)ccc3-4)c2c1[2H]. The van der Waals surface area contributed by atoms with Crippen LogP contribution in [0.2, 0.25) is 0 Å². The van der Waals surface area contributed by atoms with Gasteiger partial charge in [0.2, 0.25) is 0 Å². The summed E-state index contributed by atoms with van der Waals surface area (Å²) in [4.78, 5) is 0. The van der Waals surface area contributed by atoms with Crippen LogP contribution in [0.5, 0.6) is 0 Å². The van der Waals surface area contributed by atoms with E-state index in [-0.39, 0.29) is 86.9 Å². The molecule has 1 aliphatic carbocycles. The summed E-state index contributed by atoms with van der Waals surface area (Å²) in [5, 5.41) is -2.68. The molecule has 0 amide bonds. The molecule has 10 aromatic carbocycles. The molecule has 0 aromatic heterocycles. The highest BCUT2D eigenvalue weighted by Crippen LogP contribution is 2.52. The summed E-state index contributed by atoms with van der Waals surface area (Å²) < 4.78 is 197. The van der Waals surface area contributed by atoms with Crippen molar-refractivity contribution in [1.82, 2.24) is 0 Å². The minimum absolute atomic E-state index is 0.0259. The Morgan fingerprint density at radius 1 is 0.373 bits per heavy atom. The van der Waals surface area contributed by atoms with Crippen molar-refractivity contribution in [2.75, 3.05) is 0 Å². The fourth-order valence-corrected chi connectivity index (χ4v) is 7.75. The summed E-state index contributed by atoms with van der Waals surface area (Å²) >= 11 is 0. The lowest BCUT2D eigenvalue weighted by Gasteiger charge is -2.23. The van der Waals surface area contributed by atoms with Crippen LogP contribution in [-0.2, 0) is 5.41 Å². The zero-order chi connectivity index (χ0) is 53.0. The highest BCUT2D eigenvalue weighted by Gasteiger charge is 2.36. The molecule has 51 heavy (non-hydrogen) atoms. The lowest BCUT2D eigenvalue weighted by molar-refractivity contribution is 0.661. The molecule has 1 aliphatic rings. The molecule has 11 rings (SSSR count). The summed E-state index contributed by atoms with van der Waals surface area (Å²) in [7, 11) is 0. The van der Waals surface area contributed by atoms with Crippen LogP contribution < -0.4 is 0 Å². The van der Waals surface area contributed by atoms with Gasteiger partial charge in [-0.25, -0.2) is 0 Å². The Bertz CT molecular complexity index is 4090. The van der Waals surface area contributed by atoms with Crippen LogP contribution in [0, 0.1) is 0 Å². The van der Waals surface area contributed by atoms with Gasteiger partial charge >= 0.3 is 0 Å². The standard InChI is InChI=1S/C51H34/c1-51(2)47-29-35(49-39-17-9-5-13-33(39)27-45-37-15-7-3-11-31(37)19-25-43(45)49)21-23-41(47)42-24-22-36(30-48(42)51)50-40-18-10-6-14-34(40)28-46-38-16-8-4-12-32(38)20-26-44(46)50/h3-30H,1-2H3/i3D,4D,5D,6D,7D,8D,9D,10D,11D,12D,13D,14D,15D,16D,17D,18D,19D,20D,25D,26D,27D,28D. The normalized spacial score (nSPS) is 19.5. The summed E-state index contributed by atoms with van der Waals surface area (Å²) in [6.07, 6.45) is 0. The van der Waals surface area contributed by atoms with Crippen molar-refractivity contribution in [3.05, 3.63) is 180 Å². The highest BCUT2D eigenvalue weighted by molar-refractivity contribution is 6.21. The Balaban J connectivity index is 1.24. The zero-order valence-corrected chi connectivity index (χ0v) is 27.0. The van der Waals surface area contributed by atoms with Gasteiger partial charge in [-0.1, -0.05) is 159 Å². The quantitative estimate of drug-likeness (QED) is 0.127. The second kappa shape index (κ2) is 10.4. The van der Waals surface area contributed by atoms with Crippen LogP contribution in [-0.4, -0.2) is 0 Å². The van der Waals surface area contributed by atoms with E-state index in [0.29, 0.717) is 22.3 Å². The van der Waals surface area contributed by atoms with Crippen molar-refractivity contribution in [2.24, 2.45) is 0 Å². The molecule has 0 fully saturated rings. The number of hydrogen-bond donors (Lipinski definition) is 0. The first-order valence-electron chi connectivity index (χ1n) is 27.2. The molecular formula is C51H34. The molecule has 0 atom stereocenters. The largest absolute Gasteiger partial charge is 0.0636 e. The first-order valence-corrected chi connectivity index (χ1v) is 16.2. The van der Waals surface area contributed by atoms with E-state index in [4.69, 9.17) is 21.9 Å². The predicted molar refractivity (Wildman–Crippen MR) is 220 cm³/mol. The van der Waals surface area contributed by atoms with Gasteiger partial charge in [-0.15, -0.1) is 0 Å². The topological polar surface area (TPSA) is 0 Å². The van der Waals surface area contributed by atoms with Gasteiger partial charge in [0.1, 0.15) is 0 Å². The highest BCUT2D eigenvalue weighted by atomic mass is 14.4. The Kier molecular flexibility index (Phi) is 2.96. The minimum atomic E-state index is -0.996. The second-order valence-electron chi connectivity index (χ2n) is 13.1. The number of rotatable bonds is 2. The van der Waals surface area contributed by atoms with Crippen LogP contribution in [0.3, 0.4) is 0 Å². The lowest BCUT2D eigenvalue weighted by Crippen LogP contribution is -2.15. The van der Waals surface area contributed by atoms with Gasteiger partial charge in [0.15, 0.2) is 0 Å². The van der Waals surface area contributed by atoms with Crippen molar-refractivity contribution in [1.29, 1.82) is 0 Å². The molecule has 0 saturated heterocycles. The Hall–Kier alpha value is -6.24. The lowest BCUT2D eigenvalue weighted by atomic mass is 9.80. The third-order valence-electron chi connectivity index (χ3n) is 10.1. The Morgan fingerprint density at radius 2 is 0.765 bits per heavy atom. The van der Waals surface area contributed by atoms with Crippen molar-refractivity contribution in [2.45, 2.75) is 19.3 Å². The van der Waals surface area contributed by atoms with Gasteiger partial charge in [-0.3, -0.25) is 0 Å². The van der Waals surface area contributed by atoms with Crippen LogP contribution in [0.4, 0.5) is 0 Å². The van der Waals surface area contributed by atoms with E-state index in [2.05, 4.69) is 0 Å². The molecule has 0 heterocycles. The van der Waals surface area contributed by atoms with Crippen molar-refractivity contribution in [3.8, 4) is 33.4 Å². The average molecular weight is 669 g/mol. The molecule has 0 spiro atoms. The molecule has 0 aliphatic heterocycles. The van der Waals surface area contributed by atoms with Crippen LogP contribution >= 0.6 is 0 Å². The Morgan fingerprint density at radius 3 is 1.22 bits per heavy atom. The van der Waals surface area contributed by atoms with Gasteiger partial charge in [0.05, 0.1) is 30.2 Å². The molecule has 0 heteroatoms. The van der Waals surface area contributed by atoms with E-state index >= 15 is 0 Å². The molecule has 0 unspecified atom stereocenters. The minimum Gasteiger partial charge on any atom is -0.0616 e. The summed E-state index contributed by atoms with van der Waals surface area (Å²) in [6.45, 7) is 3.78. The van der Waals surface area contributed by atoms with Crippen molar-refractivity contribution in [3.63, 3.8) is 0 Å². The van der Waals surface area contributed by atoms with Gasteiger partial charge in [0.25, 0.3) is 0 Å². The number of benzene rings is 10. The summed E-state index contributed by atoms with van der Waals surface area (Å²) in [6, 6.07) is -2.85. The number of fused-ring (bicyclic) bond motifs is 11. The van der Waals surface area contributed by atoms with Crippen LogP contribution in [0.1, 0.15) is 55.1 Å². The number of hydrogen-bond acceptors (Lipinski definition) is 0. The first kappa shape index (κ1) is 14.5. The molecule has 0 radical (unpaired) electrons. The maximum atomic E-state index is 9.51. The van der Waals surface area contributed by atoms with Crippen molar-refractivity contribution < 1.29 is 30.2 Å². The molecule has 0 bridgehead atoms. The molecule has 0 nitrogen and oxygen atoms in total. The van der Waals surface area contributed by atoms with E-state index < -0.39 is 138 Å². The summed E-state index contributed by atoms with van der Waals surface area (Å²) in [5.74, 6) is 0. The van der Waals surface area contributed by atoms with E-state index in [0.717, 1.165) is 0 Å². The smallest absolute Gasteiger partial charge is 0.0616 e. The van der Waals surface area contributed by atoms with E-state index in [1.165, 1.54) is 0 Å². The van der Waals surface area contributed by atoms with E-state index in [9.17, 15) is 8.22 Å². The molecule has 0 N–H and O–H groups in total. The van der Waals surface area contributed by atoms with Gasteiger partial charge in [0, 0.05) is 5.41 Å². The second-order valence-corrected chi connectivity index (χ2v) is 13.1.